The quantitative estimate of drug-likeness (QED) is 0.667. The second-order valence-electron chi connectivity index (χ2n) is 4.00. The van der Waals surface area contributed by atoms with Gasteiger partial charge in [-0.05, 0) is 51.2 Å². The van der Waals surface area contributed by atoms with E-state index in [0.29, 0.717) is 5.92 Å². The predicted molar refractivity (Wildman–Crippen MR) is 54.3 cm³/mol. The summed E-state index contributed by atoms with van der Waals surface area (Å²) in [6, 6.07) is 2.29. The van der Waals surface area contributed by atoms with Crippen LogP contribution in [0.3, 0.4) is 0 Å². The van der Waals surface area contributed by atoms with E-state index in [1.54, 1.807) is 0 Å². The number of rotatable bonds is 3. The molecule has 74 valence electrons. The normalized spacial score (nSPS) is 25.1. The van der Waals surface area contributed by atoms with Crippen LogP contribution in [0.5, 0.6) is 0 Å². The van der Waals surface area contributed by atoms with Crippen molar-refractivity contribution in [1.29, 1.82) is 5.26 Å². The maximum Gasteiger partial charge on any atom is 0.0624 e. The van der Waals surface area contributed by atoms with Crippen molar-refractivity contribution in [1.82, 2.24) is 4.90 Å². The molecule has 0 amide bonds. The van der Waals surface area contributed by atoms with Gasteiger partial charge in [0.05, 0.1) is 6.07 Å². The summed E-state index contributed by atoms with van der Waals surface area (Å²) in [7, 11) is 0. The van der Waals surface area contributed by atoms with Crippen molar-refractivity contribution in [3.63, 3.8) is 0 Å². The average molecular weight is 180 g/mol. The molecule has 0 aromatic carbocycles. The SMILES string of the molecule is CCCN1CCCC(CC#N)CC1. The highest BCUT2D eigenvalue weighted by Crippen LogP contribution is 2.19. The summed E-state index contributed by atoms with van der Waals surface area (Å²) in [5.74, 6) is 0.673. The van der Waals surface area contributed by atoms with Crippen molar-refractivity contribution in [3.05, 3.63) is 0 Å². The van der Waals surface area contributed by atoms with E-state index in [4.69, 9.17) is 5.26 Å². The van der Waals surface area contributed by atoms with Crippen LogP contribution in [-0.2, 0) is 0 Å². The second kappa shape index (κ2) is 5.99. The number of hydrogen-bond acceptors (Lipinski definition) is 2. The molecule has 0 radical (unpaired) electrons. The maximum absolute atomic E-state index is 8.62. The zero-order valence-electron chi connectivity index (χ0n) is 8.63. The molecule has 13 heavy (non-hydrogen) atoms. The molecular formula is C11H20N2. The average Bonchev–Trinajstić information content (AvgIpc) is 2.33. The Labute approximate surface area is 81.5 Å². The molecule has 0 bridgehead atoms. The lowest BCUT2D eigenvalue weighted by molar-refractivity contribution is 0.281. The van der Waals surface area contributed by atoms with Gasteiger partial charge in [-0.15, -0.1) is 0 Å². The van der Waals surface area contributed by atoms with Crippen molar-refractivity contribution in [2.45, 2.75) is 39.0 Å². The van der Waals surface area contributed by atoms with Crippen LogP contribution < -0.4 is 0 Å². The van der Waals surface area contributed by atoms with Gasteiger partial charge < -0.3 is 4.90 Å². The Morgan fingerprint density at radius 3 is 2.92 bits per heavy atom. The van der Waals surface area contributed by atoms with Crippen LogP contribution in [0.15, 0.2) is 0 Å². The van der Waals surface area contributed by atoms with Crippen molar-refractivity contribution in [2.75, 3.05) is 19.6 Å². The van der Waals surface area contributed by atoms with E-state index >= 15 is 0 Å². The third kappa shape index (κ3) is 3.78. The summed E-state index contributed by atoms with van der Waals surface area (Å²) < 4.78 is 0. The lowest BCUT2D eigenvalue weighted by Gasteiger charge is -2.18. The van der Waals surface area contributed by atoms with Gasteiger partial charge in [-0.1, -0.05) is 6.92 Å². The first kappa shape index (κ1) is 10.5. The molecule has 0 saturated carbocycles. The molecule has 1 aliphatic rings. The van der Waals surface area contributed by atoms with Crippen LogP contribution >= 0.6 is 0 Å². The van der Waals surface area contributed by atoms with Gasteiger partial charge in [0.15, 0.2) is 0 Å². The number of nitrogens with zero attached hydrogens (tertiary/aromatic N) is 2. The van der Waals surface area contributed by atoms with Gasteiger partial charge in [-0.2, -0.15) is 5.26 Å². The van der Waals surface area contributed by atoms with E-state index in [0.717, 1.165) is 6.42 Å². The molecule has 1 fully saturated rings. The van der Waals surface area contributed by atoms with E-state index in [-0.39, 0.29) is 0 Å². The van der Waals surface area contributed by atoms with Crippen LogP contribution in [0.1, 0.15) is 39.0 Å². The molecule has 1 atom stereocenters. The van der Waals surface area contributed by atoms with Gasteiger partial charge in [0.1, 0.15) is 0 Å². The highest BCUT2D eigenvalue weighted by atomic mass is 15.1. The summed E-state index contributed by atoms with van der Waals surface area (Å²) in [5, 5.41) is 8.62. The molecule has 0 N–H and O–H groups in total. The summed E-state index contributed by atoms with van der Waals surface area (Å²) in [4.78, 5) is 2.54. The van der Waals surface area contributed by atoms with Crippen molar-refractivity contribution < 1.29 is 0 Å². The Morgan fingerprint density at radius 1 is 1.38 bits per heavy atom. The third-order valence-electron chi connectivity index (χ3n) is 2.86. The minimum atomic E-state index is 0.673. The smallest absolute Gasteiger partial charge is 0.0624 e. The van der Waals surface area contributed by atoms with Gasteiger partial charge in [0.2, 0.25) is 0 Å². The zero-order chi connectivity index (χ0) is 9.52. The molecule has 1 aliphatic heterocycles. The van der Waals surface area contributed by atoms with Crippen LogP contribution in [0.4, 0.5) is 0 Å². The minimum absolute atomic E-state index is 0.673. The minimum Gasteiger partial charge on any atom is -0.303 e. The van der Waals surface area contributed by atoms with Crippen molar-refractivity contribution >= 4 is 0 Å². The molecule has 1 saturated heterocycles. The fraction of sp³-hybridized carbons (Fsp3) is 0.909. The predicted octanol–water partition coefficient (Wildman–Crippen LogP) is 2.41. The van der Waals surface area contributed by atoms with Crippen molar-refractivity contribution in [2.24, 2.45) is 5.92 Å². The highest BCUT2D eigenvalue weighted by molar-refractivity contribution is 4.79. The van der Waals surface area contributed by atoms with E-state index in [9.17, 15) is 0 Å². The Balaban J connectivity index is 2.27. The molecule has 2 heteroatoms. The third-order valence-corrected chi connectivity index (χ3v) is 2.86. The molecule has 0 aromatic heterocycles. The topological polar surface area (TPSA) is 27.0 Å². The molecule has 1 rings (SSSR count). The van der Waals surface area contributed by atoms with Gasteiger partial charge in [-0.25, -0.2) is 0 Å². The summed E-state index contributed by atoms with van der Waals surface area (Å²) in [5.41, 5.74) is 0. The Hall–Kier alpha value is -0.550. The summed E-state index contributed by atoms with van der Waals surface area (Å²) >= 11 is 0. The van der Waals surface area contributed by atoms with Gasteiger partial charge in [-0.3, -0.25) is 0 Å². The molecule has 1 heterocycles. The fourth-order valence-electron chi connectivity index (χ4n) is 2.10. The largest absolute Gasteiger partial charge is 0.303 e. The summed E-state index contributed by atoms with van der Waals surface area (Å²) in [6.45, 7) is 5.92. The monoisotopic (exact) mass is 180 g/mol. The van der Waals surface area contributed by atoms with Crippen molar-refractivity contribution in [3.8, 4) is 6.07 Å². The molecule has 2 nitrogen and oxygen atoms in total. The Morgan fingerprint density at radius 2 is 2.23 bits per heavy atom. The van der Waals surface area contributed by atoms with Crippen LogP contribution in [0.2, 0.25) is 0 Å². The Bertz CT molecular complexity index is 171. The standard InChI is InChI=1S/C11H20N2/c1-2-8-13-9-3-4-11(5-7-12)6-10-13/h11H,2-6,8-10H2,1H3. The first-order valence-electron chi connectivity index (χ1n) is 5.46. The van der Waals surface area contributed by atoms with E-state index in [1.807, 2.05) is 0 Å². The zero-order valence-corrected chi connectivity index (χ0v) is 8.63. The number of hydrogen-bond donors (Lipinski definition) is 0. The molecule has 0 spiro atoms. The second-order valence-corrected chi connectivity index (χ2v) is 4.00. The lowest BCUT2D eigenvalue weighted by Crippen LogP contribution is -2.25. The van der Waals surface area contributed by atoms with Gasteiger partial charge >= 0.3 is 0 Å². The molecule has 1 unspecified atom stereocenters. The maximum atomic E-state index is 8.62. The summed E-state index contributed by atoms with van der Waals surface area (Å²) in [6.07, 6.45) is 5.79. The fourth-order valence-corrected chi connectivity index (χ4v) is 2.10. The van der Waals surface area contributed by atoms with Crippen LogP contribution in [-0.4, -0.2) is 24.5 Å². The highest BCUT2D eigenvalue weighted by Gasteiger charge is 2.15. The first-order valence-corrected chi connectivity index (χ1v) is 5.46. The number of nitriles is 1. The lowest BCUT2D eigenvalue weighted by atomic mass is 9.98. The molecular weight excluding hydrogens is 160 g/mol. The van der Waals surface area contributed by atoms with E-state index in [2.05, 4.69) is 17.9 Å². The van der Waals surface area contributed by atoms with E-state index < -0.39 is 0 Å². The number of likely N-dealkylation sites (tertiary alicyclic amines) is 1. The Kier molecular flexibility index (Phi) is 4.85. The molecule has 0 aromatic rings. The first-order chi connectivity index (χ1) is 6.36. The van der Waals surface area contributed by atoms with Crippen LogP contribution in [0.25, 0.3) is 0 Å². The molecule has 0 aliphatic carbocycles. The van der Waals surface area contributed by atoms with Gasteiger partial charge in [0.25, 0.3) is 0 Å². The van der Waals surface area contributed by atoms with E-state index in [1.165, 1.54) is 45.3 Å². The van der Waals surface area contributed by atoms with Crippen LogP contribution in [0, 0.1) is 17.2 Å². The van der Waals surface area contributed by atoms with Gasteiger partial charge in [0, 0.05) is 6.42 Å².